The van der Waals surface area contributed by atoms with Gasteiger partial charge in [0, 0.05) is 23.1 Å². The van der Waals surface area contributed by atoms with Crippen LogP contribution >= 0.6 is 0 Å². The molecule has 0 unspecified atom stereocenters. The molecule has 1 aromatic carbocycles. The highest BCUT2D eigenvalue weighted by molar-refractivity contribution is 7.85. The molecule has 2 rings (SSSR count). The summed E-state index contributed by atoms with van der Waals surface area (Å²) in [6.07, 6.45) is 1.95. The van der Waals surface area contributed by atoms with Gasteiger partial charge < -0.3 is 9.64 Å². The van der Waals surface area contributed by atoms with Crippen molar-refractivity contribution in [2.45, 2.75) is 25.8 Å². The summed E-state index contributed by atoms with van der Waals surface area (Å²) in [4.78, 5) is 14.1. The Kier molecular flexibility index (Phi) is 5.17. The van der Waals surface area contributed by atoms with E-state index in [1.165, 1.54) is 0 Å². The molecule has 0 aliphatic carbocycles. The van der Waals surface area contributed by atoms with Gasteiger partial charge in [-0.05, 0) is 30.5 Å². The topological polar surface area (TPSA) is 46.6 Å². The Balaban J connectivity index is 2.14. The Morgan fingerprint density at radius 3 is 3.00 bits per heavy atom. The number of nitrogens with zero attached hydrogens (tertiary/aromatic N) is 1. The van der Waals surface area contributed by atoms with Crippen LogP contribution in [-0.2, 0) is 15.6 Å². The van der Waals surface area contributed by atoms with Crippen LogP contribution in [0, 0.1) is 0 Å². The number of methoxy groups -OCH3 is 1. The second-order valence-corrected chi connectivity index (χ2v) is 6.64. The summed E-state index contributed by atoms with van der Waals surface area (Å²) in [5.74, 6) is 1.47. The molecule has 1 heterocycles. The van der Waals surface area contributed by atoms with Gasteiger partial charge in [0.25, 0.3) is 0 Å². The highest BCUT2D eigenvalue weighted by atomic mass is 32.2. The molecule has 0 aromatic heterocycles. The number of ether oxygens (including phenoxy) is 1. The zero-order chi connectivity index (χ0) is 14.5. The van der Waals surface area contributed by atoms with E-state index in [2.05, 4.69) is 0 Å². The van der Waals surface area contributed by atoms with Gasteiger partial charge in [-0.15, -0.1) is 0 Å². The summed E-state index contributed by atoms with van der Waals surface area (Å²) in [5, 5.41) is 0. The molecule has 2 atom stereocenters. The predicted molar refractivity (Wildman–Crippen MR) is 80.2 cm³/mol. The Hall–Kier alpha value is -1.36. The molecule has 1 aliphatic heterocycles. The summed E-state index contributed by atoms with van der Waals surface area (Å²) in [7, 11) is 0.594. The van der Waals surface area contributed by atoms with Crippen LogP contribution in [0.5, 0.6) is 5.75 Å². The van der Waals surface area contributed by atoms with Crippen LogP contribution in [0.15, 0.2) is 24.3 Å². The lowest BCUT2D eigenvalue weighted by molar-refractivity contribution is -0.129. The molecule has 5 heteroatoms. The lowest BCUT2D eigenvalue weighted by Crippen LogP contribution is -2.34. The zero-order valence-electron chi connectivity index (χ0n) is 12.0. The van der Waals surface area contributed by atoms with Crippen molar-refractivity contribution < 1.29 is 13.7 Å². The van der Waals surface area contributed by atoms with Gasteiger partial charge in [0.15, 0.2) is 0 Å². The lowest BCUT2D eigenvalue weighted by atomic mass is 10.0. The number of rotatable bonds is 5. The molecular formula is C15H21NO3S. The van der Waals surface area contributed by atoms with E-state index in [-0.39, 0.29) is 17.7 Å². The smallest absolute Gasteiger partial charge is 0.235 e. The van der Waals surface area contributed by atoms with Crippen molar-refractivity contribution in [1.29, 1.82) is 0 Å². The van der Waals surface area contributed by atoms with E-state index in [0.29, 0.717) is 5.75 Å². The van der Waals surface area contributed by atoms with Crippen LogP contribution < -0.4 is 4.74 Å². The minimum absolute atomic E-state index is 0.00416. The molecule has 4 nitrogen and oxygen atoms in total. The van der Waals surface area contributed by atoms with Crippen LogP contribution in [0.3, 0.4) is 0 Å². The first-order chi connectivity index (χ1) is 9.65. The lowest BCUT2D eigenvalue weighted by Gasteiger charge is -2.25. The van der Waals surface area contributed by atoms with Crippen molar-refractivity contribution in [2.75, 3.05) is 25.2 Å². The van der Waals surface area contributed by atoms with Gasteiger partial charge in [-0.3, -0.25) is 9.00 Å². The fourth-order valence-corrected chi connectivity index (χ4v) is 3.23. The molecule has 110 valence electrons. The maximum atomic E-state index is 12.3. The first kappa shape index (κ1) is 15.0. The summed E-state index contributed by atoms with van der Waals surface area (Å²) in [5.41, 5.74) is 1.09. The van der Waals surface area contributed by atoms with Crippen LogP contribution in [0.4, 0.5) is 0 Å². The van der Waals surface area contributed by atoms with Gasteiger partial charge >= 0.3 is 0 Å². The number of benzene rings is 1. The molecule has 1 amide bonds. The predicted octanol–water partition coefficient (Wildman–Crippen LogP) is 2.13. The van der Waals surface area contributed by atoms with Gasteiger partial charge in [-0.2, -0.15) is 0 Å². The van der Waals surface area contributed by atoms with Gasteiger partial charge in [0.1, 0.15) is 11.5 Å². The molecule has 1 aromatic rings. The Labute approximate surface area is 122 Å². The highest BCUT2D eigenvalue weighted by Crippen LogP contribution is 2.33. The van der Waals surface area contributed by atoms with Crippen LogP contribution in [0.2, 0.25) is 0 Å². The van der Waals surface area contributed by atoms with Crippen molar-refractivity contribution >= 4 is 16.7 Å². The van der Waals surface area contributed by atoms with E-state index < -0.39 is 10.8 Å². The SMILES string of the molecule is CC[S@@](=O)CC(=O)N1CCC[C@@H]1c1cccc(OC)c1. The third kappa shape index (κ3) is 3.39. The van der Waals surface area contributed by atoms with Crippen LogP contribution in [0.1, 0.15) is 31.4 Å². The first-order valence-corrected chi connectivity index (χ1v) is 8.43. The normalized spacial score (nSPS) is 19.9. The van der Waals surface area contributed by atoms with Gasteiger partial charge in [0.05, 0.1) is 13.2 Å². The van der Waals surface area contributed by atoms with Crippen molar-refractivity contribution in [2.24, 2.45) is 0 Å². The second-order valence-electron chi connectivity index (χ2n) is 4.89. The summed E-state index contributed by atoms with van der Waals surface area (Å²) in [6.45, 7) is 2.59. The van der Waals surface area contributed by atoms with E-state index in [1.807, 2.05) is 36.1 Å². The maximum Gasteiger partial charge on any atom is 0.235 e. The summed E-state index contributed by atoms with van der Waals surface area (Å²) >= 11 is 0. The Morgan fingerprint density at radius 1 is 1.50 bits per heavy atom. The number of hydrogen-bond acceptors (Lipinski definition) is 3. The van der Waals surface area contributed by atoms with Crippen molar-refractivity contribution in [1.82, 2.24) is 4.90 Å². The molecule has 1 aliphatic rings. The fraction of sp³-hybridized carbons (Fsp3) is 0.533. The molecule has 0 N–H and O–H groups in total. The van der Waals surface area contributed by atoms with Gasteiger partial charge in [-0.25, -0.2) is 0 Å². The fourth-order valence-electron chi connectivity index (χ4n) is 2.58. The molecule has 20 heavy (non-hydrogen) atoms. The second kappa shape index (κ2) is 6.88. The van der Waals surface area contributed by atoms with Crippen LogP contribution in [0.25, 0.3) is 0 Å². The standard InChI is InChI=1S/C15H21NO3S/c1-3-20(18)11-15(17)16-9-5-8-14(16)12-6-4-7-13(10-12)19-2/h4,6-7,10,14H,3,5,8-9,11H2,1-2H3/t14-,20-/m1/s1. The Morgan fingerprint density at radius 2 is 2.30 bits per heavy atom. The minimum Gasteiger partial charge on any atom is -0.497 e. The number of carbonyl (C=O) groups is 1. The molecule has 0 radical (unpaired) electrons. The largest absolute Gasteiger partial charge is 0.497 e. The van der Waals surface area contributed by atoms with Gasteiger partial charge in [-0.1, -0.05) is 19.1 Å². The van der Waals surface area contributed by atoms with Crippen LogP contribution in [-0.4, -0.2) is 40.2 Å². The average molecular weight is 295 g/mol. The molecule has 0 saturated carbocycles. The van der Waals surface area contributed by atoms with E-state index >= 15 is 0 Å². The molecule has 1 saturated heterocycles. The number of hydrogen-bond donors (Lipinski definition) is 0. The van der Waals surface area contributed by atoms with E-state index in [9.17, 15) is 9.00 Å². The highest BCUT2D eigenvalue weighted by Gasteiger charge is 2.30. The minimum atomic E-state index is -1.05. The molecule has 0 bridgehead atoms. The summed E-state index contributed by atoms with van der Waals surface area (Å²) in [6, 6.07) is 7.94. The zero-order valence-corrected chi connectivity index (χ0v) is 12.8. The molecule has 0 spiro atoms. The monoisotopic (exact) mass is 295 g/mol. The molecular weight excluding hydrogens is 274 g/mol. The van der Waals surface area contributed by atoms with Crippen molar-refractivity contribution in [3.63, 3.8) is 0 Å². The van der Waals surface area contributed by atoms with E-state index in [4.69, 9.17) is 4.74 Å². The number of amides is 1. The third-order valence-corrected chi connectivity index (χ3v) is 4.87. The van der Waals surface area contributed by atoms with Crippen molar-refractivity contribution in [3.05, 3.63) is 29.8 Å². The Bertz CT molecular complexity index is 504. The van der Waals surface area contributed by atoms with Gasteiger partial charge in [0.2, 0.25) is 5.91 Å². The number of carbonyl (C=O) groups excluding carboxylic acids is 1. The third-order valence-electron chi connectivity index (χ3n) is 3.66. The first-order valence-electron chi connectivity index (χ1n) is 6.94. The maximum absolute atomic E-state index is 12.3. The summed E-state index contributed by atoms with van der Waals surface area (Å²) < 4.78 is 16.8. The number of likely N-dealkylation sites (tertiary alicyclic amines) is 1. The van der Waals surface area contributed by atoms with Crippen molar-refractivity contribution in [3.8, 4) is 5.75 Å². The quantitative estimate of drug-likeness (QED) is 0.836. The molecule has 1 fully saturated rings. The average Bonchev–Trinajstić information content (AvgIpc) is 2.96. The van der Waals surface area contributed by atoms with E-state index in [1.54, 1.807) is 7.11 Å². The van der Waals surface area contributed by atoms with E-state index in [0.717, 1.165) is 30.7 Å².